The molecule has 0 spiro atoms. The molecule has 1 aromatic heterocycles. The van der Waals surface area contributed by atoms with Crippen LogP contribution in [0.3, 0.4) is 0 Å². The summed E-state index contributed by atoms with van der Waals surface area (Å²) in [7, 11) is 1.96. The van der Waals surface area contributed by atoms with Gasteiger partial charge in [-0.15, -0.1) is 0 Å². The summed E-state index contributed by atoms with van der Waals surface area (Å²) in [5, 5.41) is 4.20. The van der Waals surface area contributed by atoms with Crippen molar-refractivity contribution in [2.75, 3.05) is 7.05 Å². The Hall–Kier alpha value is -1.35. The number of hydrogen-bond donors (Lipinski definition) is 1. The minimum atomic E-state index is -0.275. The Labute approximate surface area is 125 Å². The van der Waals surface area contributed by atoms with E-state index in [4.69, 9.17) is 4.42 Å². The predicted molar refractivity (Wildman–Crippen MR) is 83.8 cm³/mol. The van der Waals surface area contributed by atoms with E-state index in [1.807, 2.05) is 19.2 Å². The molecule has 1 atom stereocenters. The van der Waals surface area contributed by atoms with Crippen LogP contribution in [-0.2, 0) is 0 Å². The predicted octanol–water partition coefficient (Wildman–Crippen LogP) is 5.19. The Balaban J connectivity index is 1.79. The first kappa shape index (κ1) is 14.6. The van der Waals surface area contributed by atoms with E-state index in [-0.39, 0.29) is 11.9 Å². The standard InChI is InChI=1S/C18H24FNO/c1-20-16(11-13-7-4-2-3-5-8-13)17-12-14-9-6-10-15(19)18(14)21-17/h6,9-10,12-13,16,20H,2-5,7-8,11H2,1H3. The molecule has 0 saturated heterocycles. The zero-order valence-electron chi connectivity index (χ0n) is 12.7. The van der Waals surface area contributed by atoms with Gasteiger partial charge in [0.2, 0.25) is 0 Å². The minimum Gasteiger partial charge on any atom is -0.456 e. The fourth-order valence-electron chi connectivity index (χ4n) is 3.53. The van der Waals surface area contributed by atoms with E-state index in [1.54, 1.807) is 6.07 Å². The smallest absolute Gasteiger partial charge is 0.169 e. The van der Waals surface area contributed by atoms with Crippen LogP contribution in [0.15, 0.2) is 28.7 Å². The number of para-hydroxylation sites is 1. The summed E-state index contributed by atoms with van der Waals surface area (Å²) in [4.78, 5) is 0. The maximum atomic E-state index is 13.8. The highest BCUT2D eigenvalue weighted by Gasteiger charge is 2.21. The number of benzene rings is 1. The third-order valence-electron chi connectivity index (χ3n) is 4.75. The van der Waals surface area contributed by atoms with Crippen LogP contribution in [0.5, 0.6) is 0 Å². The van der Waals surface area contributed by atoms with E-state index in [9.17, 15) is 4.39 Å². The molecule has 1 unspecified atom stereocenters. The molecule has 114 valence electrons. The zero-order valence-corrected chi connectivity index (χ0v) is 12.7. The summed E-state index contributed by atoms with van der Waals surface area (Å²) in [5.41, 5.74) is 0.383. The van der Waals surface area contributed by atoms with E-state index in [2.05, 4.69) is 5.32 Å². The molecule has 0 bridgehead atoms. The van der Waals surface area contributed by atoms with Gasteiger partial charge >= 0.3 is 0 Å². The van der Waals surface area contributed by atoms with Crippen LogP contribution in [0, 0.1) is 11.7 Å². The number of rotatable bonds is 4. The average Bonchev–Trinajstić information content (AvgIpc) is 2.76. The van der Waals surface area contributed by atoms with Crippen LogP contribution >= 0.6 is 0 Å². The first-order valence-electron chi connectivity index (χ1n) is 8.13. The molecule has 1 heterocycles. The molecule has 2 aromatic rings. The van der Waals surface area contributed by atoms with E-state index in [1.165, 1.54) is 44.6 Å². The van der Waals surface area contributed by atoms with Gasteiger partial charge in [-0.2, -0.15) is 0 Å². The lowest BCUT2D eigenvalue weighted by Crippen LogP contribution is -2.19. The third-order valence-corrected chi connectivity index (χ3v) is 4.75. The summed E-state index contributed by atoms with van der Waals surface area (Å²) < 4.78 is 19.6. The van der Waals surface area contributed by atoms with Crippen molar-refractivity contribution in [1.29, 1.82) is 0 Å². The molecule has 0 radical (unpaired) electrons. The summed E-state index contributed by atoms with van der Waals surface area (Å²) in [5.74, 6) is 1.34. The number of hydrogen-bond acceptors (Lipinski definition) is 2. The molecule has 1 N–H and O–H groups in total. The van der Waals surface area contributed by atoms with E-state index < -0.39 is 0 Å². The Morgan fingerprint density at radius 2 is 2.00 bits per heavy atom. The topological polar surface area (TPSA) is 25.2 Å². The van der Waals surface area contributed by atoms with Crippen LogP contribution in [-0.4, -0.2) is 7.05 Å². The van der Waals surface area contributed by atoms with Crippen molar-refractivity contribution in [1.82, 2.24) is 5.32 Å². The van der Waals surface area contributed by atoms with Crippen molar-refractivity contribution in [3.05, 3.63) is 35.8 Å². The van der Waals surface area contributed by atoms with Gasteiger partial charge in [-0.3, -0.25) is 0 Å². The van der Waals surface area contributed by atoms with Gasteiger partial charge in [0.05, 0.1) is 6.04 Å². The van der Waals surface area contributed by atoms with Gasteiger partial charge in [-0.25, -0.2) is 4.39 Å². The maximum absolute atomic E-state index is 13.8. The molecule has 3 heteroatoms. The van der Waals surface area contributed by atoms with Crippen LogP contribution in [0.4, 0.5) is 4.39 Å². The van der Waals surface area contributed by atoms with Gasteiger partial charge < -0.3 is 9.73 Å². The fraction of sp³-hybridized carbons (Fsp3) is 0.556. The molecular formula is C18H24FNO. The molecule has 1 aliphatic rings. The third kappa shape index (κ3) is 3.29. The van der Waals surface area contributed by atoms with Gasteiger partial charge in [0.1, 0.15) is 5.76 Å². The quantitative estimate of drug-likeness (QED) is 0.783. The normalized spacial score (nSPS) is 18.8. The van der Waals surface area contributed by atoms with Crippen molar-refractivity contribution >= 4 is 11.0 Å². The summed E-state index contributed by atoms with van der Waals surface area (Å²) >= 11 is 0. The molecule has 3 rings (SSSR count). The first-order valence-corrected chi connectivity index (χ1v) is 8.13. The monoisotopic (exact) mass is 289 g/mol. The highest BCUT2D eigenvalue weighted by molar-refractivity contribution is 5.78. The van der Waals surface area contributed by atoms with Crippen LogP contribution < -0.4 is 5.32 Å². The largest absolute Gasteiger partial charge is 0.456 e. The Bertz CT molecular complexity index is 584. The van der Waals surface area contributed by atoms with E-state index >= 15 is 0 Å². The lowest BCUT2D eigenvalue weighted by atomic mass is 9.91. The maximum Gasteiger partial charge on any atom is 0.169 e. The van der Waals surface area contributed by atoms with Crippen molar-refractivity contribution < 1.29 is 8.81 Å². The molecule has 1 saturated carbocycles. The van der Waals surface area contributed by atoms with Crippen LogP contribution in [0.1, 0.15) is 56.7 Å². The summed E-state index contributed by atoms with van der Waals surface area (Å²) in [6, 6.07) is 7.26. The average molecular weight is 289 g/mol. The van der Waals surface area contributed by atoms with Gasteiger partial charge in [0.15, 0.2) is 11.4 Å². The number of fused-ring (bicyclic) bond motifs is 1. The molecule has 1 aromatic carbocycles. The van der Waals surface area contributed by atoms with Crippen LogP contribution in [0.25, 0.3) is 11.0 Å². The molecule has 0 amide bonds. The van der Waals surface area contributed by atoms with Crippen LogP contribution in [0.2, 0.25) is 0 Å². The SMILES string of the molecule is CNC(CC1CCCCCC1)c1cc2cccc(F)c2o1. The second kappa shape index (κ2) is 6.61. The Morgan fingerprint density at radius 1 is 1.24 bits per heavy atom. The second-order valence-electron chi connectivity index (χ2n) is 6.24. The Kier molecular flexibility index (Phi) is 4.59. The number of furan rings is 1. The van der Waals surface area contributed by atoms with Gasteiger partial charge in [0.25, 0.3) is 0 Å². The molecule has 2 nitrogen and oxygen atoms in total. The summed E-state index contributed by atoms with van der Waals surface area (Å²) in [6.45, 7) is 0. The lowest BCUT2D eigenvalue weighted by molar-refractivity contribution is 0.335. The second-order valence-corrected chi connectivity index (χ2v) is 6.24. The van der Waals surface area contributed by atoms with Gasteiger partial charge in [0, 0.05) is 5.39 Å². The number of nitrogens with one attached hydrogen (secondary N) is 1. The fourth-order valence-corrected chi connectivity index (χ4v) is 3.53. The van der Waals surface area contributed by atoms with Crippen molar-refractivity contribution in [2.24, 2.45) is 5.92 Å². The van der Waals surface area contributed by atoms with E-state index in [0.29, 0.717) is 5.58 Å². The number of halogens is 1. The highest BCUT2D eigenvalue weighted by Crippen LogP contribution is 2.33. The molecule has 1 aliphatic carbocycles. The highest BCUT2D eigenvalue weighted by atomic mass is 19.1. The zero-order chi connectivity index (χ0) is 14.7. The molecule has 1 fully saturated rings. The van der Waals surface area contributed by atoms with Gasteiger partial charge in [-0.1, -0.05) is 50.7 Å². The van der Waals surface area contributed by atoms with E-state index in [0.717, 1.165) is 23.5 Å². The van der Waals surface area contributed by atoms with Crippen molar-refractivity contribution in [3.8, 4) is 0 Å². The lowest BCUT2D eigenvalue weighted by Gasteiger charge is -2.20. The molecular weight excluding hydrogens is 265 g/mol. The molecule has 0 aliphatic heterocycles. The van der Waals surface area contributed by atoms with Gasteiger partial charge in [-0.05, 0) is 31.5 Å². The minimum absolute atomic E-state index is 0.180. The summed E-state index contributed by atoms with van der Waals surface area (Å²) in [6.07, 6.45) is 9.14. The van der Waals surface area contributed by atoms with Crippen molar-refractivity contribution in [2.45, 2.75) is 51.0 Å². The Morgan fingerprint density at radius 3 is 2.67 bits per heavy atom. The first-order chi connectivity index (χ1) is 10.3. The molecule has 21 heavy (non-hydrogen) atoms. The van der Waals surface area contributed by atoms with Crippen molar-refractivity contribution in [3.63, 3.8) is 0 Å².